The van der Waals surface area contributed by atoms with Gasteiger partial charge in [0.05, 0.1) is 31.9 Å². The van der Waals surface area contributed by atoms with E-state index < -0.39 is 9.84 Å². The Morgan fingerprint density at radius 3 is 2.36 bits per heavy atom. The second-order valence-electron chi connectivity index (χ2n) is 7.03. The van der Waals surface area contributed by atoms with Gasteiger partial charge in [-0.3, -0.25) is 0 Å². The number of hydrogen-bond donors (Lipinski definition) is 2. The lowest BCUT2D eigenvalue weighted by Crippen LogP contribution is -3.18. The molecular weight excluding hydrogens is 318 g/mol. The summed E-state index contributed by atoms with van der Waals surface area (Å²) in [5.74, 6) is 0.764. The van der Waals surface area contributed by atoms with E-state index in [1.54, 1.807) is 0 Å². The number of nitrogens with one attached hydrogen (secondary N) is 2. The molecule has 2 aliphatic heterocycles. The average molecular weight is 347 g/mol. The first-order chi connectivity index (χ1) is 10.5. The molecule has 0 aromatic rings. The molecular formula is C15H28N3O2S2+. The quantitative estimate of drug-likeness (QED) is 0.666. The van der Waals surface area contributed by atoms with Gasteiger partial charge in [-0.15, -0.1) is 0 Å². The van der Waals surface area contributed by atoms with Crippen molar-refractivity contribution in [3.63, 3.8) is 0 Å². The van der Waals surface area contributed by atoms with Gasteiger partial charge in [0.2, 0.25) is 0 Å². The molecule has 0 aromatic carbocycles. The van der Waals surface area contributed by atoms with E-state index in [4.69, 9.17) is 12.2 Å². The van der Waals surface area contributed by atoms with Gasteiger partial charge in [0.1, 0.15) is 11.8 Å². The number of hydrogen-bond acceptors (Lipinski definition) is 3. The summed E-state index contributed by atoms with van der Waals surface area (Å²) in [7, 11) is -2.77. The van der Waals surface area contributed by atoms with Crippen LogP contribution in [0.25, 0.3) is 0 Å². The van der Waals surface area contributed by atoms with Gasteiger partial charge in [-0.2, -0.15) is 0 Å². The van der Waals surface area contributed by atoms with Crippen LogP contribution in [-0.4, -0.2) is 68.2 Å². The molecule has 22 heavy (non-hydrogen) atoms. The summed E-state index contributed by atoms with van der Waals surface area (Å²) >= 11 is 5.57. The van der Waals surface area contributed by atoms with Crippen molar-refractivity contribution in [2.45, 2.75) is 50.6 Å². The molecule has 3 rings (SSSR count). The molecule has 2 N–H and O–H groups in total. The molecule has 2 heterocycles. The molecule has 0 aromatic heterocycles. The summed E-state index contributed by atoms with van der Waals surface area (Å²) in [6.45, 7) is 3.91. The first-order valence-corrected chi connectivity index (χ1v) is 10.9. The van der Waals surface area contributed by atoms with Gasteiger partial charge in [0, 0.05) is 12.5 Å². The van der Waals surface area contributed by atoms with Crippen LogP contribution >= 0.6 is 12.2 Å². The van der Waals surface area contributed by atoms with Crippen molar-refractivity contribution in [2.24, 2.45) is 0 Å². The lowest BCUT2D eigenvalue weighted by atomic mass is 9.96. The minimum atomic E-state index is -2.77. The maximum atomic E-state index is 11.6. The molecule has 0 unspecified atom stereocenters. The summed E-state index contributed by atoms with van der Waals surface area (Å²) in [5.41, 5.74) is 0. The maximum Gasteiger partial charge on any atom is 0.169 e. The van der Waals surface area contributed by atoms with Gasteiger partial charge in [0.25, 0.3) is 0 Å². The van der Waals surface area contributed by atoms with E-state index in [0.717, 1.165) is 37.7 Å². The van der Waals surface area contributed by atoms with Crippen molar-refractivity contribution < 1.29 is 13.3 Å². The van der Waals surface area contributed by atoms with Crippen LogP contribution in [-0.2, 0) is 9.84 Å². The molecule has 3 fully saturated rings. The van der Waals surface area contributed by atoms with Crippen LogP contribution in [0.1, 0.15) is 38.5 Å². The lowest BCUT2D eigenvalue weighted by molar-refractivity contribution is -0.925. The van der Waals surface area contributed by atoms with Gasteiger partial charge in [0.15, 0.2) is 14.9 Å². The zero-order chi connectivity index (χ0) is 15.6. The molecule has 1 aliphatic carbocycles. The Morgan fingerprint density at radius 2 is 1.77 bits per heavy atom. The second-order valence-corrected chi connectivity index (χ2v) is 9.65. The third-order valence-electron chi connectivity index (χ3n) is 5.44. The minimum absolute atomic E-state index is 0.312. The van der Waals surface area contributed by atoms with Gasteiger partial charge >= 0.3 is 0 Å². The Hall–Kier alpha value is -0.400. The van der Waals surface area contributed by atoms with Gasteiger partial charge < -0.3 is 15.1 Å². The predicted octanol–water partition coefficient (Wildman–Crippen LogP) is -0.419. The number of rotatable bonds is 2. The Balaban J connectivity index is 1.44. The third-order valence-corrected chi connectivity index (χ3v) is 7.58. The number of piperazine rings is 1. The monoisotopic (exact) mass is 346 g/mol. The third kappa shape index (κ3) is 4.11. The number of nitrogens with zero attached hydrogens (tertiary/aromatic N) is 1. The zero-order valence-corrected chi connectivity index (χ0v) is 14.9. The van der Waals surface area contributed by atoms with Crippen LogP contribution in [0.3, 0.4) is 0 Å². The highest BCUT2D eigenvalue weighted by Crippen LogP contribution is 2.17. The Morgan fingerprint density at radius 1 is 1.09 bits per heavy atom. The normalized spacial score (nSPS) is 30.4. The topological polar surface area (TPSA) is 53.9 Å². The molecule has 7 heteroatoms. The van der Waals surface area contributed by atoms with Crippen LogP contribution in [0.15, 0.2) is 0 Å². The fourth-order valence-electron chi connectivity index (χ4n) is 4.04. The fourth-order valence-corrected chi connectivity index (χ4v) is 6.21. The maximum absolute atomic E-state index is 11.6. The summed E-state index contributed by atoms with van der Waals surface area (Å²) in [6, 6.07) is 0.874. The van der Waals surface area contributed by atoms with Crippen molar-refractivity contribution in [1.82, 2.24) is 10.2 Å². The van der Waals surface area contributed by atoms with E-state index in [2.05, 4.69) is 10.2 Å². The Bertz CT molecular complexity index is 495. The van der Waals surface area contributed by atoms with Gasteiger partial charge in [-0.25, -0.2) is 8.42 Å². The highest BCUT2D eigenvalue weighted by atomic mass is 32.2. The van der Waals surface area contributed by atoms with Crippen LogP contribution < -0.4 is 10.2 Å². The highest BCUT2D eigenvalue weighted by Gasteiger charge is 2.37. The largest absolute Gasteiger partial charge is 0.360 e. The van der Waals surface area contributed by atoms with E-state index in [0.29, 0.717) is 23.6 Å². The molecule has 0 bridgehead atoms. The van der Waals surface area contributed by atoms with E-state index in [1.807, 2.05) is 0 Å². The molecule has 0 radical (unpaired) electrons. The number of thiocarbonyl (C=S) groups is 1. The Kier molecular flexibility index (Phi) is 5.24. The van der Waals surface area contributed by atoms with Crippen LogP contribution in [0.2, 0.25) is 0 Å². The standard InChI is InChI=1S/C15H27N3O2S2/c19-22(20)11-6-14(12-22)17-7-9-18(10-8-17)15(21)16-13-4-2-1-3-5-13/h13-14H,1-12H2,(H,16,21)/p+1/t14-/m1/s1. The van der Waals surface area contributed by atoms with Crippen molar-refractivity contribution in [3.05, 3.63) is 0 Å². The van der Waals surface area contributed by atoms with Crippen molar-refractivity contribution in [1.29, 1.82) is 0 Å². The smallest absolute Gasteiger partial charge is 0.169 e. The average Bonchev–Trinajstić information content (AvgIpc) is 2.88. The van der Waals surface area contributed by atoms with E-state index in [9.17, 15) is 8.42 Å². The molecule has 0 amide bonds. The summed E-state index contributed by atoms with van der Waals surface area (Å²) in [5, 5.41) is 4.45. The van der Waals surface area contributed by atoms with Crippen LogP contribution in [0, 0.1) is 0 Å². The second kappa shape index (κ2) is 7.01. The van der Waals surface area contributed by atoms with E-state index in [1.165, 1.54) is 37.0 Å². The first kappa shape index (κ1) is 16.5. The minimum Gasteiger partial charge on any atom is -0.360 e. The lowest BCUT2D eigenvalue weighted by Gasteiger charge is -2.37. The van der Waals surface area contributed by atoms with Crippen LogP contribution in [0.4, 0.5) is 0 Å². The number of sulfone groups is 1. The predicted molar refractivity (Wildman–Crippen MR) is 91.9 cm³/mol. The summed E-state index contributed by atoms with van der Waals surface area (Å²) < 4.78 is 23.2. The highest BCUT2D eigenvalue weighted by molar-refractivity contribution is 7.91. The molecule has 5 nitrogen and oxygen atoms in total. The van der Waals surface area contributed by atoms with Gasteiger partial charge in [-0.05, 0) is 25.1 Å². The van der Waals surface area contributed by atoms with Crippen molar-refractivity contribution >= 4 is 27.2 Å². The Labute approximate surface area is 139 Å². The van der Waals surface area contributed by atoms with Gasteiger partial charge in [-0.1, -0.05) is 19.3 Å². The molecule has 1 saturated carbocycles. The molecule has 126 valence electrons. The summed E-state index contributed by atoms with van der Waals surface area (Å²) in [6.07, 6.45) is 7.30. The summed E-state index contributed by atoms with van der Waals surface area (Å²) in [4.78, 5) is 3.73. The number of quaternary nitrogens is 1. The van der Waals surface area contributed by atoms with Crippen molar-refractivity contribution in [2.75, 3.05) is 37.7 Å². The SMILES string of the molecule is O=S1(=O)CC[C@@H]([NH+]2CCN(C(=S)NC3CCCCC3)CC2)C1. The van der Waals surface area contributed by atoms with Crippen molar-refractivity contribution in [3.8, 4) is 0 Å². The molecule has 3 aliphatic rings. The van der Waals surface area contributed by atoms with E-state index >= 15 is 0 Å². The molecule has 1 atom stereocenters. The first-order valence-electron chi connectivity index (χ1n) is 8.64. The molecule has 2 saturated heterocycles. The van der Waals surface area contributed by atoms with Crippen LogP contribution in [0.5, 0.6) is 0 Å². The molecule has 0 spiro atoms. The van der Waals surface area contributed by atoms with E-state index in [-0.39, 0.29) is 0 Å². The fraction of sp³-hybridized carbons (Fsp3) is 0.933. The zero-order valence-electron chi connectivity index (χ0n) is 13.2.